The Kier molecular flexibility index (Phi) is 7.72. The van der Waals surface area contributed by atoms with Gasteiger partial charge in [0.15, 0.2) is 5.13 Å². The Morgan fingerprint density at radius 3 is 2.69 bits per heavy atom. The van der Waals surface area contributed by atoms with Crippen LogP contribution in [0.15, 0.2) is 29.6 Å². The Balaban J connectivity index is 1.45. The van der Waals surface area contributed by atoms with Gasteiger partial charge in [0.05, 0.1) is 17.2 Å². The summed E-state index contributed by atoms with van der Waals surface area (Å²) >= 11 is 2.78. The lowest BCUT2D eigenvalue weighted by atomic mass is 10.0. The number of aromatic nitrogens is 1. The molecule has 1 aliphatic rings. The molecule has 2 aromatic rings. The van der Waals surface area contributed by atoms with E-state index in [2.05, 4.69) is 55.3 Å². The van der Waals surface area contributed by atoms with Crippen molar-refractivity contribution in [3.63, 3.8) is 0 Å². The molecule has 0 radical (unpaired) electrons. The fourth-order valence-corrected chi connectivity index (χ4v) is 4.88. The first-order chi connectivity index (χ1) is 13.9. The van der Waals surface area contributed by atoms with Crippen molar-refractivity contribution in [1.82, 2.24) is 9.88 Å². The van der Waals surface area contributed by atoms with Gasteiger partial charge in [0.2, 0.25) is 11.8 Å². The molecule has 2 heterocycles. The molecule has 0 aliphatic carbocycles. The van der Waals surface area contributed by atoms with Crippen molar-refractivity contribution < 1.29 is 9.59 Å². The maximum absolute atomic E-state index is 12.3. The van der Waals surface area contributed by atoms with Crippen LogP contribution in [0.4, 0.5) is 5.13 Å². The zero-order valence-electron chi connectivity index (χ0n) is 17.3. The predicted octanol–water partition coefficient (Wildman–Crippen LogP) is 5.01. The molecule has 1 aromatic heterocycles. The van der Waals surface area contributed by atoms with E-state index in [1.165, 1.54) is 35.1 Å². The van der Waals surface area contributed by atoms with Gasteiger partial charge < -0.3 is 10.2 Å². The smallest absolute Gasteiger partial charge is 0.236 e. The monoisotopic (exact) mass is 431 g/mol. The lowest BCUT2D eigenvalue weighted by Gasteiger charge is -2.33. The van der Waals surface area contributed by atoms with E-state index < -0.39 is 0 Å². The minimum Gasteiger partial charge on any atom is -0.339 e. The molecule has 0 spiro atoms. The molecular formula is C22H29N3O2S2. The van der Waals surface area contributed by atoms with Gasteiger partial charge in [0.25, 0.3) is 0 Å². The predicted molar refractivity (Wildman–Crippen MR) is 123 cm³/mol. The summed E-state index contributed by atoms with van der Waals surface area (Å²) in [6.07, 6.45) is 3.34. The molecule has 1 unspecified atom stereocenters. The molecule has 3 rings (SSSR count). The van der Waals surface area contributed by atoms with Crippen LogP contribution >= 0.6 is 23.1 Å². The number of likely N-dealkylation sites (tertiary alicyclic amines) is 1. The van der Waals surface area contributed by atoms with Gasteiger partial charge >= 0.3 is 0 Å². The molecule has 1 fully saturated rings. The van der Waals surface area contributed by atoms with Crippen molar-refractivity contribution in [2.75, 3.05) is 23.4 Å². The first-order valence-electron chi connectivity index (χ1n) is 10.2. The van der Waals surface area contributed by atoms with Gasteiger partial charge in [-0.1, -0.05) is 38.1 Å². The second-order valence-electron chi connectivity index (χ2n) is 7.79. The zero-order chi connectivity index (χ0) is 20.8. The van der Waals surface area contributed by atoms with Crippen LogP contribution in [-0.4, -0.2) is 45.8 Å². The number of hydrogen-bond acceptors (Lipinski definition) is 5. The second-order valence-corrected chi connectivity index (χ2v) is 9.63. The number of thioether (sulfide) groups is 1. The normalized spacial score (nSPS) is 16.8. The highest BCUT2D eigenvalue weighted by molar-refractivity contribution is 8.00. The Morgan fingerprint density at radius 2 is 2.00 bits per heavy atom. The summed E-state index contributed by atoms with van der Waals surface area (Å²) in [5.41, 5.74) is 3.20. The van der Waals surface area contributed by atoms with E-state index in [1.807, 2.05) is 10.3 Å². The molecule has 29 heavy (non-hydrogen) atoms. The third-order valence-electron chi connectivity index (χ3n) is 5.21. The quantitative estimate of drug-likeness (QED) is 0.670. The van der Waals surface area contributed by atoms with Gasteiger partial charge in [0, 0.05) is 23.5 Å². The third kappa shape index (κ3) is 6.06. The van der Waals surface area contributed by atoms with Crippen LogP contribution in [0.2, 0.25) is 0 Å². The van der Waals surface area contributed by atoms with Crippen molar-refractivity contribution in [3.05, 3.63) is 35.2 Å². The van der Waals surface area contributed by atoms with Gasteiger partial charge in [-0.3, -0.25) is 9.59 Å². The van der Waals surface area contributed by atoms with E-state index in [1.54, 1.807) is 0 Å². The number of piperidine rings is 1. The van der Waals surface area contributed by atoms with Gasteiger partial charge in [-0.05, 0) is 37.7 Å². The summed E-state index contributed by atoms with van der Waals surface area (Å²) in [7, 11) is 0. The van der Waals surface area contributed by atoms with Crippen molar-refractivity contribution in [2.24, 2.45) is 0 Å². The summed E-state index contributed by atoms with van der Waals surface area (Å²) in [5, 5.41) is 5.39. The number of carbonyl (C=O) groups excluding carboxylic acids is 2. The van der Waals surface area contributed by atoms with Crippen molar-refractivity contribution in [1.29, 1.82) is 0 Å². The number of rotatable bonds is 7. The highest BCUT2D eigenvalue weighted by Crippen LogP contribution is 2.26. The molecule has 0 bridgehead atoms. The van der Waals surface area contributed by atoms with Crippen molar-refractivity contribution in [3.8, 4) is 11.3 Å². The molecule has 1 aromatic carbocycles. The molecule has 1 atom stereocenters. The van der Waals surface area contributed by atoms with Crippen molar-refractivity contribution >= 4 is 40.0 Å². The van der Waals surface area contributed by atoms with Crippen LogP contribution in [0.3, 0.4) is 0 Å². The SMILES string of the molecule is CC(C)c1ccc(-c2csc(NC(=O)CSCC(=O)N3CCCCC3C)n2)cc1. The van der Waals surface area contributed by atoms with E-state index in [9.17, 15) is 9.59 Å². The highest BCUT2D eigenvalue weighted by atomic mass is 32.2. The minimum absolute atomic E-state index is 0.120. The standard InChI is InChI=1S/C22H29N3O2S2/c1-15(2)17-7-9-18(10-8-17)19-12-29-22(23-19)24-20(26)13-28-14-21(27)25-11-5-4-6-16(25)3/h7-10,12,15-16H,4-6,11,13-14H2,1-3H3,(H,23,24,26). The van der Waals surface area contributed by atoms with E-state index in [0.717, 1.165) is 30.6 Å². The molecule has 1 aliphatic heterocycles. The highest BCUT2D eigenvalue weighted by Gasteiger charge is 2.23. The molecule has 7 heteroatoms. The summed E-state index contributed by atoms with van der Waals surface area (Å²) in [4.78, 5) is 31.0. The van der Waals surface area contributed by atoms with E-state index in [0.29, 0.717) is 22.8 Å². The number of anilines is 1. The Morgan fingerprint density at radius 1 is 1.24 bits per heavy atom. The fourth-order valence-electron chi connectivity index (χ4n) is 3.44. The summed E-state index contributed by atoms with van der Waals surface area (Å²) in [6, 6.07) is 8.69. The lowest BCUT2D eigenvalue weighted by Crippen LogP contribution is -2.43. The van der Waals surface area contributed by atoms with Crippen molar-refractivity contribution in [2.45, 2.75) is 52.0 Å². The maximum Gasteiger partial charge on any atom is 0.236 e. The molecular weight excluding hydrogens is 402 g/mol. The molecule has 5 nitrogen and oxygen atoms in total. The molecule has 156 valence electrons. The number of benzene rings is 1. The molecule has 0 saturated carbocycles. The van der Waals surface area contributed by atoms with E-state index in [4.69, 9.17) is 0 Å². The number of amides is 2. The number of hydrogen-bond donors (Lipinski definition) is 1. The van der Waals surface area contributed by atoms with Crippen LogP contribution in [0.1, 0.15) is 51.5 Å². The number of carbonyl (C=O) groups is 2. The second kappa shape index (κ2) is 10.3. The van der Waals surface area contributed by atoms with Gasteiger partial charge in [-0.2, -0.15) is 0 Å². The number of thiazole rings is 1. The van der Waals surface area contributed by atoms with E-state index in [-0.39, 0.29) is 17.6 Å². The molecule has 1 N–H and O–H groups in total. The molecule has 2 amide bonds. The molecule has 1 saturated heterocycles. The Bertz CT molecular complexity index is 833. The first kappa shape index (κ1) is 21.8. The summed E-state index contributed by atoms with van der Waals surface area (Å²) in [5.74, 6) is 1.12. The Labute approximate surface area is 181 Å². The van der Waals surface area contributed by atoms with Gasteiger partial charge in [-0.25, -0.2) is 4.98 Å². The summed E-state index contributed by atoms with van der Waals surface area (Å²) in [6.45, 7) is 7.28. The lowest BCUT2D eigenvalue weighted by molar-refractivity contribution is -0.131. The van der Waals surface area contributed by atoms with Crippen LogP contribution in [0.5, 0.6) is 0 Å². The minimum atomic E-state index is -0.120. The first-order valence-corrected chi connectivity index (χ1v) is 12.2. The number of nitrogens with zero attached hydrogens (tertiary/aromatic N) is 2. The average molecular weight is 432 g/mol. The van der Waals surface area contributed by atoms with Crippen LogP contribution in [-0.2, 0) is 9.59 Å². The third-order valence-corrected chi connectivity index (χ3v) is 6.88. The Hall–Kier alpha value is -1.86. The van der Waals surface area contributed by atoms with Crippen LogP contribution in [0, 0.1) is 0 Å². The average Bonchev–Trinajstić information content (AvgIpc) is 3.16. The van der Waals surface area contributed by atoms with E-state index >= 15 is 0 Å². The zero-order valence-corrected chi connectivity index (χ0v) is 18.9. The maximum atomic E-state index is 12.3. The van der Waals surface area contributed by atoms with Gasteiger partial charge in [0.1, 0.15) is 0 Å². The van der Waals surface area contributed by atoms with Gasteiger partial charge in [-0.15, -0.1) is 23.1 Å². The van der Waals surface area contributed by atoms with Crippen LogP contribution in [0.25, 0.3) is 11.3 Å². The number of nitrogens with one attached hydrogen (secondary N) is 1. The fraction of sp³-hybridized carbons (Fsp3) is 0.500. The largest absolute Gasteiger partial charge is 0.339 e. The van der Waals surface area contributed by atoms with Crippen LogP contribution < -0.4 is 5.32 Å². The topological polar surface area (TPSA) is 62.3 Å². The summed E-state index contributed by atoms with van der Waals surface area (Å²) < 4.78 is 0.